The predicted octanol–water partition coefficient (Wildman–Crippen LogP) is 3.02. The van der Waals surface area contributed by atoms with Crippen LogP contribution in [0.25, 0.3) is 5.69 Å². The van der Waals surface area contributed by atoms with Gasteiger partial charge in [0.25, 0.3) is 0 Å². The fraction of sp³-hybridized carbons (Fsp3) is 0.0667. The minimum atomic E-state index is -0.210. The van der Waals surface area contributed by atoms with Crippen molar-refractivity contribution in [2.24, 2.45) is 0 Å². The maximum atomic E-state index is 13.6. The van der Waals surface area contributed by atoms with Gasteiger partial charge < -0.3 is 5.32 Å². The van der Waals surface area contributed by atoms with Crippen LogP contribution in [0.4, 0.5) is 10.1 Å². The monoisotopic (exact) mass is 268 g/mol. The minimum Gasteiger partial charge on any atom is -0.379 e. The largest absolute Gasteiger partial charge is 0.379 e. The number of anilines is 1. The van der Waals surface area contributed by atoms with Gasteiger partial charge in [0.05, 0.1) is 11.4 Å². The summed E-state index contributed by atoms with van der Waals surface area (Å²) in [5.41, 5.74) is 2.38. The van der Waals surface area contributed by atoms with E-state index in [0.717, 1.165) is 11.4 Å². The summed E-state index contributed by atoms with van der Waals surface area (Å²) < 4.78 is 15.3. The van der Waals surface area contributed by atoms with Gasteiger partial charge in [-0.1, -0.05) is 30.3 Å². The number of halogens is 1. The third-order valence-corrected chi connectivity index (χ3v) is 3.00. The molecule has 2 aromatic carbocycles. The standard InChI is InChI=1S/C15H13FN4/c16-13-6-2-1-5-12(13)9-18-14-7-3-4-8-15(14)20-11-17-10-19-20/h1-8,10-11,18H,9H2. The van der Waals surface area contributed by atoms with Gasteiger partial charge in [0.15, 0.2) is 0 Å². The van der Waals surface area contributed by atoms with E-state index in [-0.39, 0.29) is 5.82 Å². The van der Waals surface area contributed by atoms with Crippen molar-refractivity contribution in [3.8, 4) is 5.69 Å². The normalized spacial score (nSPS) is 10.4. The molecule has 0 saturated carbocycles. The first-order chi connectivity index (χ1) is 9.84. The summed E-state index contributed by atoms with van der Waals surface area (Å²) in [6.07, 6.45) is 3.11. The van der Waals surface area contributed by atoms with E-state index in [1.165, 1.54) is 12.4 Å². The molecule has 1 aromatic heterocycles. The fourth-order valence-electron chi connectivity index (χ4n) is 1.99. The van der Waals surface area contributed by atoms with Crippen LogP contribution < -0.4 is 5.32 Å². The maximum absolute atomic E-state index is 13.6. The second-order valence-electron chi connectivity index (χ2n) is 4.30. The third-order valence-electron chi connectivity index (χ3n) is 3.00. The molecule has 100 valence electrons. The smallest absolute Gasteiger partial charge is 0.138 e. The van der Waals surface area contributed by atoms with Crippen molar-refractivity contribution < 1.29 is 4.39 Å². The lowest BCUT2D eigenvalue weighted by Gasteiger charge is -2.12. The van der Waals surface area contributed by atoms with E-state index in [1.54, 1.807) is 23.1 Å². The summed E-state index contributed by atoms with van der Waals surface area (Å²) in [6, 6.07) is 14.4. The van der Waals surface area contributed by atoms with Crippen LogP contribution >= 0.6 is 0 Å². The van der Waals surface area contributed by atoms with Gasteiger partial charge in [-0.2, -0.15) is 5.10 Å². The predicted molar refractivity (Wildman–Crippen MR) is 75.1 cm³/mol. The number of hydrogen-bond acceptors (Lipinski definition) is 3. The first-order valence-corrected chi connectivity index (χ1v) is 6.26. The van der Waals surface area contributed by atoms with Crippen molar-refractivity contribution in [1.29, 1.82) is 0 Å². The summed E-state index contributed by atoms with van der Waals surface area (Å²) in [4.78, 5) is 3.94. The molecule has 0 radical (unpaired) electrons. The van der Waals surface area contributed by atoms with E-state index in [9.17, 15) is 4.39 Å². The van der Waals surface area contributed by atoms with Gasteiger partial charge in [-0.15, -0.1) is 0 Å². The minimum absolute atomic E-state index is 0.210. The lowest BCUT2D eigenvalue weighted by Crippen LogP contribution is -2.05. The number of para-hydroxylation sites is 2. The van der Waals surface area contributed by atoms with Crippen LogP contribution in [-0.2, 0) is 6.54 Å². The number of rotatable bonds is 4. The van der Waals surface area contributed by atoms with Crippen LogP contribution in [0.5, 0.6) is 0 Å². The second-order valence-corrected chi connectivity index (χ2v) is 4.30. The Morgan fingerprint density at radius 2 is 1.85 bits per heavy atom. The van der Waals surface area contributed by atoms with Crippen molar-refractivity contribution in [3.05, 3.63) is 72.6 Å². The number of benzene rings is 2. The van der Waals surface area contributed by atoms with Gasteiger partial charge in [-0.3, -0.25) is 0 Å². The highest BCUT2D eigenvalue weighted by atomic mass is 19.1. The van der Waals surface area contributed by atoms with Crippen LogP contribution in [0.2, 0.25) is 0 Å². The Bertz CT molecular complexity index is 695. The average molecular weight is 268 g/mol. The van der Waals surface area contributed by atoms with Gasteiger partial charge in [0, 0.05) is 12.1 Å². The van der Waals surface area contributed by atoms with Crippen LogP contribution in [0.1, 0.15) is 5.56 Å². The van der Waals surface area contributed by atoms with E-state index < -0.39 is 0 Å². The Morgan fingerprint density at radius 3 is 2.65 bits per heavy atom. The average Bonchev–Trinajstić information content (AvgIpc) is 3.01. The molecule has 0 saturated heterocycles. The van der Waals surface area contributed by atoms with E-state index in [4.69, 9.17) is 0 Å². The molecule has 4 nitrogen and oxygen atoms in total. The molecule has 3 aromatic rings. The molecule has 0 spiro atoms. The van der Waals surface area contributed by atoms with E-state index >= 15 is 0 Å². The molecule has 0 fully saturated rings. The summed E-state index contributed by atoms with van der Waals surface area (Å²) in [5.74, 6) is -0.210. The summed E-state index contributed by atoms with van der Waals surface area (Å²) >= 11 is 0. The van der Waals surface area contributed by atoms with Gasteiger partial charge in [-0.25, -0.2) is 14.1 Å². The number of hydrogen-bond donors (Lipinski definition) is 1. The van der Waals surface area contributed by atoms with Crippen molar-refractivity contribution in [2.75, 3.05) is 5.32 Å². The highest BCUT2D eigenvalue weighted by Gasteiger charge is 2.05. The maximum Gasteiger partial charge on any atom is 0.138 e. The number of aromatic nitrogens is 3. The van der Waals surface area contributed by atoms with Gasteiger partial charge in [0.2, 0.25) is 0 Å². The molecule has 5 heteroatoms. The lowest BCUT2D eigenvalue weighted by atomic mass is 10.2. The molecule has 0 bridgehead atoms. The van der Waals surface area contributed by atoms with E-state index in [0.29, 0.717) is 12.1 Å². The zero-order valence-electron chi connectivity index (χ0n) is 10.7. The molecule has 0 aliphatic rings. The Kier molecular flexibility index (Phi) is 3.41. The molecule has 20 heavy (non-hydrogen) atoms. The highest BCUT2D eigenvalue weighted by molar-refractivity contribution is 5.60. The lowest BCUT2D eigenvalue weighted by molar-refractivity contribution is 0.613. The molecule has 0 unspecified atom stereocenters. The Hall–Kier alpha value is -2.69. The topological polar surface area (TPSA) is 42.7 Å². The molecular formula is C15H13FN4. The third kappa shape index (κ3) is 2.51. The zero-order chi connectivity index (χ0) is 13.8. The van der Waals surface area contributed by atoms with Crippen molar-refractivity contribution in [2.45, 2.75) is 6.54 Å². The second kappa shape index (κ2) is 5.52. The molecule has 0 amide bonds. The zero-order valence-corrected chi connectivity index (χ0v) is 10.7. The molecule has 0 aliphatic heterocycles. The first-order valence-electron chi connectivity index (χ1n) is 6.26. The van der Waals surface area contributed by atoms with Gasteiger partial charge >= 0.3 is 0 Å². The first kappa shape index (κ1) is 12.3. The molecule has 1 heterocycles. The van der Waals surface area contributed by atoms with E-state index in [2.05, 4.69) is 15.4 Å². The number of nitrogens with zero attached hydrogens (tertiary/aromatic N) is 3. The molecule has 0 aliphatic carbocycles. The highest BCUT2D eigenvalue weighted by Crippen LogP contribution is 2.19. The molecule has 0 atom stereocenters. The SMILES string of the molecule is Fc1ccccc1CNc1ccccc1-n1cncn1. The summed E-state index contributed by atoms with van der Waals surface area (Å²) in [7, 11) is 0. The summed E-state index contributed by atoms with van der Waals surface area (Å²) in [5, 5.41) is 7.34. The molecule has 1 N–H and O–H groups in total. The van der Waals surface area contributed by atoms with Crippen LogP contribution in [0, 0.1) is 5.82 Å². The van der Waals surface area contributed by atoms with Crippen LogP contribution in [0.15, 0.2) is 61.2 Å². The molecular weight excluding hydrogens is 255 g/mol. The molecule has 3 rings (SSSR count). The Morgan fingerprint density at radius 1 is 1.05 bits per heavy atom. The number of nitrogens with one attached hydrogen (secondary N) is 1. The van der Waals surface area contributed by atoms with Crippen LogP contribution in [0.3, 0.4) is 0 Å². The Balaban J connectivity index is 1.84. The fourth-order valence-corrected chi connectivity index (χ4v) is 1.99. The van der Waals surface area contributed by atoms with E-state index in [1.807, 2.05) is 30.3 Å². The van der Waals surface area contributed by atoms with Crippen LogP contribution in [-0.4, -0.2) is 14.8 Å². The van der Waals surface area contributed by atoms with Crippen molar-refractivity contribution in [1.82, 2.24) is 14.8 Å². The van der Waals surface area contributed by atoms with Gasteiger partial charge in [0.1, 0.15) is 18.5 Å². The van der Waals surface area contributed by atoms with Crippen molar-refractivity contribution in [3.63, 3.8) is 0 Å². The van der Waals surface area contributed by atoms with Gasteiger partial charge in [-0.05, 0) is 18.2 Å². The summed E-state index contributed by atoms with van der Waals surface area (Å²) in [6.45, 7) is 0.415. The Labute approximate surface area is 115 Å². The van der Waals surface area contributed by atoms with Crippen molar-refractivity contribution >= 4 is 5.69 Å². The quantitative estimate of drug-likeness (QED) is 0.791.